The molecule has 150 valence electrons. The van der Waals surface area contributed by atoms with Crippen LogP contribution in [0.2, 0.25) is 0 Å². The lowest BCUT2D eigenvalue weighted by atomic mass is 10.1. The second kappa shape index (κ2) is 9.63. The van der Waals surface area contributed by atoms with E-state index in [1.54, 1.807) is 38.1 Å². The van der Waals surface area contributed by atoms with Crippen molar-refractivity contribution in [2.24, 2.45) is 0 Å². The first-order chi connectivity index (χ1) is 13.4. The SMILES string of the molecule is CCNC(=O)CN(CC)C(=O)COC(=O)CCN1C(=O)c2ccccc2C1=O. The van der Waals surface area contributed by atoms with E-state index in [9.17, 15) is 24.0 Å². The van der Waals surface area contributed by atoms with E-state index < -0.39 is 30.3 Å². The maximum atomic E-state index is 12.2. The van der Waals surface area contributed by atoms with Crippen molar-refractivity contribution in [1.29, 1.82) is 0 Å². The standard InChI is InChI=1S/C19H23N3O6/c1-3-20-15(23)11-21(4-2)16(24)12-28-17(25)9-10-22-18(26)13-7-5-6-8-14(13)19(22)27/h5-8H,3-4,9-12H2,1-2H3,(H,20,23). The highest BCUT2D eigenvalue weighted by Crippen LogP contribution is 2.22. The number of likely N-dealkylation sites (N-methyl/N-ethyl adjacent to an activating group) is 2. The van der Waals surface area contributed by atoms with E-state index in [4.69, 9.17) is 4.74 Å². The number of rotatable bonds is 9. The fraction of sp³-hybridized carbons (Fsp3) is 0.421. The Hall–Kier alpha value is -3.23. The highest BCUT2D eigenvalue weighted by Gasteiger charge is 2.35. The average Bonchev–Trinajstić information content (AvgIpc) is 2.93. The minimum atomic E-state index is -0.709. The minimum absolute atomic E-state index is 0.115. The number of hydrogen-bond acceptors (Lipinski definition) is 6. The number of fused-ring (bicyclic) bond motifs is 1. The van der Waals surface area contributed by atoms with Crippen molar-refractivity contribution in [3.05, 3.63) is 35.4 Å². The third-order valence-corrected chi connectivity index (χ3v) is 4.22. The maximum absolute atomic E-state index is 12.2. The van der Waals surface area contributed by atoms with E-state index in [1.807, 2.05) is 0 Å². The van der Waals surface area contributed by atoms with Crippen LogP contribution in [0.15, 0.2) is 24.3 Å². The number of nitrogens with zero attached hydrogens (tertiary/aromatic N) is 2. The lowest BCUT2D eigenvalue weighted by molar-refractivity contribution is -0.152. The van der Waals surface area contributed by atoms with Crippen LogP contribution in [0.4, 0.5) is 0 Å². The van der Waals surface area contributed by atoms with Crippen molar-refractivity contribution in [2.45, 2.75) is 20.3 Å². The van der Waals surface area contributed by atoms with Gasteiger partial charge in [0.25, 0.3) is 17.7 Å². The van der Waals surface area contributed by atoms with Crippen LogP contribution in [0, 0.1) is 0 Å². The normalized spacial score (nSPS) is 12.6. The van der Waals surface area contributed by atoms with Crippen LogP contribution < -0.4 is 5.32 Å². The van der Waals surface area contributed by atoms with Crippen molar-refractivity contribution >= 4 is 29.6 Å². The number of ether oxygens (including phenoxy) is 1. The van der Waals surface area contributed by atoms with Gasteiger partial charge in [0.2, 0.25) is 5.91 Å². The molecule has 9 nitrogen and oxygen atoms in total. The Morgan fingerprint density at radius 2 is 1.68 bits per heavy atom. The van der Waals surface area contributed by atoms with Gasteiger partial charge in [0.1, 0.15) is 0 Å². The second-order valence-electron chi connectivity index (χ2n) is 6.08. The van der Waals surface area contributed by atoms with E-state index in [2.05, 4.69) is 5.32 Å². The predicted octanol–water partition coefficient (Wildman–Crippen LogP) is 0.201. The maximum Gasteiger partial charge on any atom is 0.308 e. The number of carbonyl (C=O) groups excluding carboxylic acids is 5. The van der Waals surface area contributed by atoms with Crippen LogP contribution in [0.1, 0.15) is 41.0 Å². The van der Waals surface area contributed by atoms with Gasteiger partial charge in [-0.15, -0.1) is 0 Å². The van der Waals surface area contributed by atoms with E-state index in [0.717, 1.165) is 4.90 Å². The molecule has 0 aromatic heterocycles. The van der Waals surface area contributed by atoms with Gasteiger partial charge < -0.3 is 15.0 Å². The Morgan fingerprint density at radius 3 is 2.21 bits per heavy atom. The zero-order valence-corrected chi connectivity index (χ0v) is 15.9. The fourth-order valence-electron chi connectivity index (χ4n) is 2.75. The van der Waals surface area contributed by atoms with Crippen molar-refractivity contribution in [3.8, 4) is 0 Å². The van der Waals surface area contributed by atoms with Gasteiger partial charge in [-0.2, -0.15) is 0 Å². The molecule has 0 unspecified atom stereocenters. The van der Waals surface area contributed by atoms with Gasteiger partial charge in [0.15, 0.2) is 6.61 Å². The summed E-state index contributed by atoms with van der Waals surface area (Å²) < 4.78 is 4.92. The van der Waals surface area contributed by atoms with Gasteiger partial charge >= 0.3 is 5.97 Å². The molecule has 1 aliphatic heterocycles. The second-order valence-corrected chi connectivity index (χ2v) is 6.08. The summed E-state index contributed by atoms with van der Waals surface area (Å²) >= 11 is 0. The molecule has 9 heteroatoms. The summed E-state index contributed by atoms with van der Waals surface area (Å²) in [6, 6.07) is 6.43. The van der Waals surface area contributed by atoms with E-state index in [0.29, 0.717) is 24.2 Å². The number of benzene rings is 1. The van der Waals surface area contributed by atoms with Crippen LogP contribution >= 0.6 is 0 Å². The van der Waals surface area contributed by atoms with Gasteiger partial charge in [-0.05, 0) is 26.0 Å². The monoisotopic (exact) mass is 389 g/mol. The van der Waals surface area contributed by atoms with Crippen LogP contribution in [0.25, 0.3) is 0 Å². The Labute approximate surface area is 162 Å². The van der Waals surface area contributed by atoms with Gasteiger partial charge in [0, 0.05) is 19.6 Å². The van der Waals surface area contributed by atoms with Crippen molar-refractivity contribution in [2.75, 3.05) is 32.8 Å². The minimum Gasteiger partial charge on any atom is -0.456 e. The number of carbonyl (C=O) groups is 5. The molecule has 1 N–H and O–H groups in total. The molecule has 2 rings (SSSR count). The third kappa shape index (κ3) is 4.93. The van der Waals surface area contributed by atoms with Crippen molar-refractivity contribution in [3.63, 3.8) is 0 Å². The molecule has 0 saturated carbocycles. The Balaban J connectivity index is 1.80. The molecular weight excluding hydrogens is 366 g/mol. The molecule has 0 bridgehead atoms. The van der Waals surface area contributed by atoms with Gasteiger partial charge in [-0.25, -0.2) is 0 Å². The largest absolute Gasteiger partial charge is 0.456 e. The van der Waals surface area contributed by atoms with Crippen LogP contribution in [0.5, 0.6) is 0 Å². The summed E-state index contributed by atoms with van der Waals surface area (Å²) in [7, 11) is 0. The van der Waals surface area contributed by atoms with Crippen LogP contribution in [0.3, 0.4) is 0 Å². The number of hydrogen-bond donors (Lipinski definition) is 1. The average molecular weight is 389 g/mol. The number of imide groups is 1. The smallest absolute Gasteiger partial charge is 0.308 e. The van der Waals surface area contributed by atoms with Gasteiger partial charge in [-0.3, -0.25) is 28.9 Å². The van der Waals surface area contributed by atoms with E-state index in [1.165, 1.54) is 4.90 Å². The summed E-state index contributed by atoms with van der Waals surface area (Å²) in [5.41, 5.74) is 0.611. The molecular formula is C19H23N3O6. The molecule has 0 radical (unpaired) electrons. The summed E-state index contributed by atoms with van der Waals surface area (Å²) in [4.78, 5) is 62.3. The Kier molecular flexibility index (Phi) is 7.25. The third-order valence-electron chi connectivity index (χ3n) is 4.22. The van der Waals surface area contributed by atoms with E-state index in [-0.39, 0.29) is 25.4 Å². The molecule has 1 aromatic carbocycles. The topological polar surface area (TPSA) is 113 Å². The lowest BCUT2D eigenvalue weighted by Gasteiger charge is -2.20. The molecule has 4 amide bonds. The molecule has 1 aliphatic rings. The fourth-order valence-corrected chi connectivity index (χ4v) is 2.75. The number of nitrogens with one attached hydrogen (secondary N) is 1. The molecule has 0 saturated heterocycles. The summed E-state index contributed by atoms with van der Waals surface area (Å²) in [5, 5.41) is 2.59. The first-order valence-corrected chi connectivity index (χ1v) is 9.04. The van der Waals surface area contributed by atoms with E-state index >= 15 is 0 Å². The molecule has 1 heterocycles. The molecule has 0 spiro atoms. The molecule has 0 fully saturated rings. The van der Waals surface area contributed by atoms with Crippen LogP contribution in [-0.2, 0) is 19.1 Å². The lowest BCUT2D eigenvalue weighted by Crippen LogP contribution is -2.42. The Bertz CT molecular complexity index is 757. The summed E-state index contributed by atoms with van der Waals surface area (Å²) in [6.45, 7) is 3.48. The first kappa shape index (κ1) is 21.1. The van der Waals surface area contributed by atoms with Crippen molar-refractivity contribution < 1.29 is 28.7 Å². The molecule has 28 heavy (non-hydrogen) atoms. The quantitative estimate of drug-likeness (QED) is 0.477. The Morgan fingerprint density at radius 1 is 1.07 bits per heavy atom. The highest BCUT2D eigenvalue weighted by atomic mass is 16.5. The predicted molar refractivity (Wildman–Crippen MR) is 98.3 cm³/mol. The first-order valence-electron chi connectivity index (χ1n) is 9.04. The summed E-state index contributed by atoms with van der Waals surface area (Å²) in [5.74, 6) is -2.41. The molecule has 0 aliphatic carbocycles. The number of esters is 1. The van der Waals surface area contributed by atoms with Gasteiger partial charge in [0.05, 0.1) is 24.1 Å². The zero-order valence-electron chi connectivity index (χ0n) is 15.9. The molecule has 1 aromatic rings. The number of amides is 4. The summed E-state index contributed by atoms with van der Waals surface area (Å²) in [6.07, 6.45) is -0.221. The van der Waals surface area contributed by atoms with Crippen LogP contribution in [-0.4, -0.2) is 72.2 Å². The zero-order chi connectivity index (χ0) is 20.7. The highest BCUT2D eigenvalue weighted by molar-refractivity contribution is 6.21. The van der Waals surface area contributed by atoms with Gasteiger partial charge in [-0.1, -0.05) is 12.1 Å². The van der Waals surface area contributed by atoms with Crippen molar-refractivity contribution in [1.82, 2.24) is 15.1 Å². The molecule has 0 atom stereocenters.